The van der Waals surface area contributed by atoms with Crippen molar-refractivity contribution in [3.8, 4) is 0 Å². The van der Waals surface area contributed by atoms with Crippen molar-refractivity contribution in [2.45, 2.75) is 59.9 Å². The molecule has 1 aliphatic rings. The molecule has 1 rings (SSSR count). The summed E-state index contributed by atoms with van der Waals surface area (Å²) in [5.41, 5.74) is 0.355. The standard InChI is InChI=1S/C15H32N2/c1-6-16-14(15(3,4)5)12-17-10-7-8-13(2)9-11-17/h13-14,16H,6-12H2,1-5H3. The molecule has 1 aliphatic heterocycles. The number of nitrogens with one attached hydrogen (secondary N) is 1. The highest BCUT2D eigenvalue weighted by atomic mass is 15.2. The minimum absolute atomic E-state index is 0.355. The largest absolute Gasteiger partial charge is 0.312 e. The predicted octanol–water partition coefficient (Wildman–Crippen LogP) is 3.13. The monoisotopic (exact) mass is 240 g/mol. The third-order valence-corrected chi connectivity index (χ3v) is 4.05. The lowest BCUT2D eigenvalue weighted by Gasteiger charge is -2.35. The van der Waals surface area contributed by atoms with Crippen molar-refractivity contribution in [1.29, 1.82) is 0 Å². The molecule has 0 aromatic rings. The average molecular weight is 240 g/mol. The molecular weight excluding hydrogens is 208 g/mol. The maximum atomic E-state index is 3.66. The second-order valence-corrected chi connectivity index (χ2v) is 6.81. The van der Waals surface area contributed by atoms with Crippen LogP contribution in [0.1, 0.15) is 53.9 Å². The zero-order valence-corrected chi connectivity index (χ0v) is 12.6. The zero-order valence-electron chi connectivity index (χ0n) is 12.6. The Morgan fingerprint density at radius 2 is 1.94 bits per heavy atom. The Kier molecular flexibility index (Phi) is 5.94. The number of hydrogen-bond donors (Lipinski definition) is 1. The molecule has 0 saturated carbocycles. The summed E-state index contributed by atoms with van der Waals surface area (Å²) in [6.07, 6.45) is 4.17. The van der Waals surface area contributed by atoms with E-state index in [0.717, 1.165) is 12.5 Å². The summed E-state index contributed by atoms with van der Waals surface area (Å²) in [5.74, 6) is 0.923. The van der Waals surface area contributed by atoms with Gasteiger partial charge in [0.25, 0.3) is 0 Å². The number of nitrogens with zero attached hydrogens (tertiary/aromatic N) is 1. The van der Waals surface area contributed by atoms with Crippen molar-refractivity contribution in [2.24, 2.45) is 11.3 Å². The first kappa shape index (κ1) is 15.0. The molecule has 1 heterocycles. The van der Waals surface area contributed by atoms with Gasteiger partial charge in [-0.25, -0.2) is 0 Å². The van der Waals surface area contributed by atoms with Gasteiger partial charge in [-0.15, -0.1) is 0 Å². The Morgan fingerprint density at radius 3 is 2.53 bits per heavy atom. The smallest absolute Gasteiger partial charge is 0.0243 e. The van der Waals surface area contributed by atoms with Crippen LogP contribution in [0, 0.1) is 11.3 Å². The van der Waals surface area contributed by atoms with Crippen LogP contribution in [-0.4, -0.2) is 37.1 Å². The van der Waals surface area contributed by atoms with Crippen LogP contribution in [0.5, 0.6) is 0 Å². The summed E-state index contributed by atoms with van der Waals surface area (Å²) in [7, 11) is 0. The molecule has 0 amide bonds. The SMILES string of the molecule is CCNC(CN1CCCC(C)CC1)C(C)(C)C. The van der Waals surface area contributed by atoms with Crippen LogP contribution in [0.2, 0.25) is 0 Å². The maximum Gasteiger partial charge on any atom is 0.0243 e. The van der Waals surface area contributed by atoms with E-state index in [1.165, 1.54) is 38.9 Å². The van der Waals surface area contributed by atoms with Crippen LogP contribution in [0.15, 0.2) is 0 Å². The van der Waals surface area contributed by atoms with Crippen LogP contribution in [0.4, 0.5) is 0 Å². The molecule has 0 spiro atoms. The van der Waals surface area contributed by atoms with Crippen LogP contribution < -0.4 is 5.32 Å². The van der Waals surface area contributed by atoms with Crippen molar-refractivity contribution in [2.75, 3.05) is 26.2 Å². The van der Waals surface area contributed by atoms with Gasteiger partial charge in [0, 0.05) is 12.6 Å². The van der Waals surface area contributed by atoms with E-state index >= 15 is 0 Å². The Labute approximate surface area is 108 Å². The second kappa shape index (κ2) is 6.75. The first-order chi connectivity index (χ1) is 7.93. The molecule has 1 N–H and O–H groups in total. The molecule has 2 nitrogen and oxygen atoms in total. The van der Waals surface area contributed by atoms with E-state index in [9.17, 15) is 0 Å². The van der Waals surface area contributed by atoms with Gasteiger partial charge in [-0.2, -0.15) is 0 Å². The molecule has 2 heteroatoms. The molecule has 1 saturated heterocycles. The van der Waals surface area contributed by atoms with E-state index in [4.69, 9.17) is 0 Å². The molecule has 2 unspecified atom stereocenters. The minimum Gasteiger partial charge on any atom is -0.312 e. The molecule has 102 valence electrons. The van der Waals surface area contributed by atoms with Crippen LogP contribution >= 0.6 is 0 Å². The number of rotatable bonds is 4. The number of hydrogen-bond acceptors (Lipinski definition) is 2. The van der Waals surface area contributed by atoms with E-state index in [-0.39, 0.29) is 0 Å². The van der Waals surface area contributed by atoms with Crippen molar-refractivity contribution < 1.29 is 0 Å². The lowest BCUT2D eigenvalue weighted by atomic mass is 9.86. The fourth-order valence-electron chi connectivity index (χ4n) is 2.65. The Bertz CT molecular complexity index is 207. The molecule has 1 fully saturated rings. The molecule has 2 atom stereocenters. The van der Waals surface area contributed by atoms with Crippen molar-refractivity contribution in [3.63, 3.8) is 0 Å². The minimum atomic E-state index is 0.355. The van der Waals surface area contributed by atoms with Gasteiger partial charge >= 0.3 is 0 Å². The van der Waals surface area contributed by atoms with Crippen LogP contribution in [-0.2, 0) is 0 Å². The van der Waals surface area contributed by atoms with E-state index in [2.05, 4.69) is 44.8 Å². The molecule has 0 bridgehead atoms. The normalized spacial score (nSPS) is 25.6. The first-order valence-corrected chi connectivity index (χ1v) is 7.39. The lowest BCUT2D eigenvalue weighted by Crippen LogP contribution is -2.48. The first-order valence-electron chi connectivity index (χ1n) is 7.39. The summed E-state index contributed by atoms with van der Waals surface area (Å²) in [6, 6.07) is 0.612. The maximum absolute atomic E-state index is 3.66. The van der Waals surface area contributed by atoms with Crippen molar-refractivity contribution in [1.82, 2.24) is 10.2 Å². The van der Waals surface area contributed by atoms with Crippen LogP contribution in [0.25, 0.3) is 0 Å². The van der Waals surface area contributed by atoms with Gasteiger partial charge in [0.2, 0.25) is 0 Å². The molecule has 0 radical (unpaired) electrons. The fourth-order valence-corrected chi connectivity index (χ4v) is 2.65. The van der Waals surface area contributed by atoms with Gasteiger partial charge in [-0.1, -0.05) is 34.6 Å². The van der Waals surface area contributed by atoms with Crippen molar-refractivity contribution >= 4 is 0 Å². The molecule has 0 aromatic heterocycles. The fraction of sp³-hybridized carbons (Fsp3) is 1.00. The molecule has 0 aliphatic carbocycles. The Morgan fingerprint density at radius 1 is 1.24 bits per heavy atom. The third-order valence-electron chi connectivity index (χ3n) is 4.05. The summed E-state index contributed by atoms with van der Waals surface area (Å²) in [5, 5.41) is 3.66. The summed E-state index contributed by atoms with van der Waals surface area (Å²) in [6.45, 7) is 16.5. The van der Waals surface area contributed by atoms with Gasteiger partial charge in [0.15, 0.2) is 0 Å². The Balaban J connectivity index is 2.48. The number of likely N-dealkylation sites (tertiary alicyclic amines) is 1. The Hall–Kier alpha value is -0.0800. The molecule has 17 heavy (non-hydrogen) atoms. The quantitative estimate of drug-likeness (QED) is 0.812. The zero-order chi connectivity index (χ0) is 12.9. The summed E-state index contributed by atoms with van der Waals surface area (Å²) < 4.78 is 0. The molecule has 0 aromatic carbocycles. The van der Waals surface area contributed by atoms with E-state index in [1.807, 2.05) is 0 Å². The van der Waals surface area contributed by atoms with Crippen molar-refractivity contribution in [3.05, 3.63) is 0 Å². The summed E-state index contributed by atoms with van der Waals surface area (Å²) >= 11 is 0. The van der Waals surface area contributed by atoms with E-state index in [0.29, 0.717) is 11.5 Å². The second-order valence-electron chi connectivity index (χ2n) is 6.81. The highest BCUT2D eigenvalue weighted by molar-refractivity contribution is 4.84. The van der Waals surface area contributed by atoms with Gasteiger partial charge in [0.05, 0.1) is 0 Å². The predicted molar refractivity (Wildman–Crippen MR) is 76.4 cm³/mol. The third kappa shape index (κ3) is 5.39. The number of likely N-dealkylation sites (N-methyl/N-ethyl adjacent to an activating group) is 1. The van der Waals surface area contributed by atoms with Gasteiger partial charge < -0.3 is 10.2 Å². The highest BCUT2D eigenvalue weighted by Crippen LogP contribution is 2.22. The average Bonchev–Trinajstić information content (AvgIpc) is 2.42. The lowest BCUT2D eigenvalue weighted by molar-refractivity contribution is 0.177. The van der Waals surface area contributed by atoms with Gasteiger partial charge in [-0.05, 0) is 50.2 Å². The topological polar surface area (TPSA) is 15.3 Å². The summed E-state index contributed by atoms with van der Waals surface area (Å²) in [4.78, 5) is 2.67. The highest BCUT2D eigenvalue weighted by Gasteiger charge is 2.26. The van der Waals surface area contributed by atoms with Gasteiger partial charge in [-0.3, -0.25) is 0 Å². The van der Waals surface area contributed by atoms with E-state index < -0.39 is 0 Å². The van der Waals surface area contributed by atoms with Gasteiger partial charge in [0.1, 0.15) is 0 Å². The molecular formula is C15H32N2. The van der Waals surface area contributed by atoms with Crippen LogP contribution in [0.3, 0.4) is 0 Å². The van der Waals surface area contributed by atoms with E-state index in [1.54, 1.807) is 0 Å².